The topological polar surface area (TPSA) is 160 Å². The Bertz CT molecular complexity index is 5000. The van der Waals surface area contributed by atoms with Crippen LogP contribution in [0, 0.1) is 53.9 Å². The summed E-state index contributed by atoms with van der Waals surface area (Å²) >= 11 is 0. The molecule has 7 aromatic carbocycles. The molecule has 0 saturated heterocycles. The minimum atomic E-state index is -0.161. The Hall–Kier alpha value is -9.50. The monoisotopic (exact) mass is 1680 g/mol. The van der Waals surface area contributed by atoms with Crippen molar-refractivity contribution in [2.45, 2.75) is 153 Å². The van der Waals surface area contributed by atoms with Crippen LogP contribution in [0.4, 0.5) is 0 Å². The van der Waals surface area contributed by atoms with Gasteiger partial charge in [0.1, 0.15) is 18.1 Å². The fourth-order valence-corrected chi connectivity index (χ4v) is 12.2. The van der Waals surface area contributed by atoms with Crippen LogP contribution >= 0.6 is 0 Å². The van der Waals surface area contributed by atoms with Crippen LogP contribution in [-0.2, 0) is 68.4 Å². The van der Waals surface area contributed by atoms with Crippen molar-refractivity contribution >= 4 is 0 Å². The number of para-hydroxylation sites is 1. The first-order valence-corrected chi connectivity index (χ1v) is 33.5. The number of benzene rings is 7. The number of rotatable bonds is 9. The van der Waals surface area contributed by atoms with Gasteiger partial charge in [0.15, 0.2) is 11.6 Å². The number of aryl methyl sites for hydroxylation is 6. The van der Waals surface area contributed by atoms with E-state index < -0.39 is 0 Å². The molecule has 0 unspecified atom stereocenters. The first-order chi connectivity index (χ1) is 46.6. The Kier molecular flexibility index (Phi) is 21.5. The van der Waals surface area contributed by atoms with Crippen LogP contribution in [-0.4, -0.2) is 69.2 Å². The van der Waals surface area contributed by atoms with Gasteiger partial charge in [-0.05, 0) is 151 Å². The molecule has 0 aliphatic carbocycles. The first kappa shape index (κ1) is 73.2. The van der Waals surface area contributed by atoms with E-state index in [0.717, 1.165) is 102 Å². The Labute approximate surface area is 615 Å². The van der Waals surface area contributed by atoms with Crippen molar-refractivity contribution in [1.82, 2.24) is 69.2 Å². The molecule has 1 aliphatic rings. The molecule has 0 atom stereocenters. The van der Waals surface area contributed by atoms with Gasteiger partial charge in [-0.1, -0.05) is 240 Å². The second-order valence-corrected chi connectivity index (χ2v) is 29.7. The Balaban J connectivity index is 0.000000161. The van der Waals surface area contributed by atoms with Gasteiger partial charge in [-0.25, -0.2) is 9.97 Å². The summed E-state index contributed by atoms with van der Waals surface area (Å²) in [6, 6.07) is 56.8. The van der Waals surface area contributed by atoms with Crippen LogP contribution in [0.15, 0.2) is 182 Å². The van der Waals surface area contributed by atoms with Crippen molar-refractivity contribution in [3.8, 4) is 96.5 Å². The molecule has 0 spiro atoms. The molecule has 14 rings (SSSR count). The van der Waals surface area contributed by atoms with Crippen molar-refractivity contribution < 1.29 is 44.8 Å². The molecule has 0 fully saturated rings. The number of hydrogen-bond donors (Lipinski definition) is 0. The summed E-state index contributed by atoms with van der Waals surface area (Å²) in [6.07, 6.45) is 11.9. The van der Waals surface area contributed by atoms with Gasteiger partial charge in [-0.3, -0.25) is 0 Å². The van der Waals surface area contributed by atoms with E-state index in [4.69, 9.17) is 20.2 Å². The van der Waals surface area contributed by atoms with Gasteiger partial charge < -0.3 is 29.1 Å². The normalized spacial score (nSPS) is 11.9. The average molecular weight is 1680 g/mol. The molecule has 1 aliphatic heterocycles. The molecular formula is C83H86Ir2N15-. The minimum absolute atomic E-state index is 0. The maximum atomic E-state index is 5.10. The van der Waals surface area contributed by atoms with E-state index in [1.807, 2.05) is 30.5 Å². The Morgan fingerprint density at radius 2 is 0.850 bits per heavy atom. The van der Waals surface area contributed by atoms with Gasteiger partial charge in [0.25, 0.3) is 5.82 Å². The van der Waals surface area contributed by atoms with Gasteiger partial charge in [0, 0.05) is 91.1 Å². The number of aromatic nitrogens is 15. The molecule has 512 valence electrons. The summed E-state index contributed by atoms with van der Waals surface area (Å²) in [5, 5.41) is 23.5. The quantitative estimate of drug-likeness (QED) is 0.0999. The molecule has 2 radical (unpaired) electrons. The van der Waals surface area contributed by atoms with Gasteiger partial charge >= 0.3 is 5.82 Å². The molecule has 15 nitrogen and oxygen atoms in total. The molecule has 13 aromatic rings. The molecule has 0 saturated carbocycles. The van der Waals surface area contributed by atoms with Crippen LogP contribution in [0.3, 0.4) is 0 Å². The predicted molar refractivity (Wildman–Crippen MR) is 391 cm³/mol. The van der Waals surface area contributed by atoms with E-state index in [1.165, 1.54) is 39.1 Å². The maximum absolute atomic E-state index is 5.10. The zero-order valence-corrected chi connectivity index (χ0v) is 65.2. The van der Waals surface area contributed by atoms with Gasteiger partial charge in [-0.2, -0.15) is 14.8 Å². The fourth-order valence-electron chi connectivity index (χ4n) is 12.2. The summed E-state index contributed by atoms with van der Waals surface area (Å²) in [4.78, 5) is 27.9. The van der Waals surface area contributed by atoms with Crippen molar-refractivity contribution in [1.29, 1.82) is 0 Å². The van der Waals surface area contributed by atoms with E-state index in [1.54, 1.807) is 12.4 Å². The Morgan fingerprint density at radius 3 is 1.35 bits per heavy atom. The van der Waals surface area contributed by atoms with Gasteiger partial charge in [0.05, 0.1) is 28.5 Å². The van der Waals surface area contributed by atoms with Crippen molar-refractivity contribution in [2.24, 2.45) is 0 Å². The third-order valence-corrected chi connectivity index (χ3v) is 17.5. The van der Waals surface area contributed by atoms with Crippen LogP contribution in [0.2, 0.25) is 0 Å². The van der Waals surface area contributed by atoms with Crippen LogP contribution in [0.1, 0.15) is 145 Å². The third-order valence-electron chi connectivity index (χ3n) is 17.5. The molecule has 0 bridgehead atoms. The summed E-state index contributed by atoms with van der Waals surface area (Å²) in [7, 11) is 0. The minimum Gasteiger partial charge on any atom is -0.338 e. The molecule has 100 heavy (non-hydrogen) atoms. The molecule has 0 N–H and O–H groups in total. The van der Waals surface area contributed by atoms with Crippen LogP contribution < -0.4 is 4.57 Å². The second-order valence-electron chi connectivity index (χ2n) is 29.7. The molecular weight excluding hydrogens is 1590 g/mol. The summed E-state index contributed by atoms with van der Waals surface area (Å²) in [5.41, 5.74) is 20.2. The van der Waals surface area contributed by atoms with Gasteiger partial charge in [0.2, 0.25) is 0 Å². The largest absolute Gasteiger partial charge is 0.338 e. The number of nitrogens with zero attached hydrogens (tertiary/aromatic N) is 15. The first-order valence-electron chi connectivity index (χ1n) is 33.5. The molecule has 17 heteroatoms. The van der Waals surface area contributed by atoms with Crippen LogP contribution in [0.5, 0.6) is 0 Å². The van der Waals surface area contributed by atoms with E-state index >= 15 is 0 Å². The van der Waals surface area contributed by atoms with E-state index in [0.29, 0.717) is 23.8 Å². The summed E-state index contributed by atoms with van der Waals surface area (Å²) in [6.45, 7) is 39.0. The molecule has 7 heterocycles. The smallest absolute Gasteiger partial charge is 0.314 e. The molecule has 0 amide bonds. The summed E-state index contributed by atoms with van der Waals surface area (Å²) in [5.74, 6) is 7.25. The zero-order chi connectivity index (χ0) is 69.6. The third kappa shape index (κ3) is 15.3. The molecule has 6 aromatic heterocycles. The van der Waals surface area contributed by atoms with Crippen molar-refractivity contribution in [2.75, 3.05) is 0 Å². The zero-order valence-electron chi connectivity index (χ0n) is 60.4. The van der Waals surface area contributed by atoms with E-state index in [2.05, 4.69) is 330 Å². The van der Waals surface area contributed by atoms with Crippen molar-refractivity contribution in [3.63, 3.8) is 0 Å². The second kappa shape index (κ2) is 29.4. The van der Waals surface area contributed by atoms with Crippen molar-refractivity contribution in [3.05, 3.63) is 257 Å². The van der Waals surface area contributed by atoms with Gasteiger partial charge in [-0.15, -0.1) is 14.9 Å². The average Bonchev–Trinajstić information content (AvgIpc) is 1.57. The Morgan fingerprint density at radius 1 is 0.400 bits per heavy atom. The summed E-state index contributed by atoms with van der Waals surface area (Å²) < 4.78 is 8.55. The standard InChI is InChI=1S/C32H32N5.C26H28N5.C25H26N5.2Ir/c1-31(2,3)24-16-18-25(19-17-24)37-28(23-20-33-30(34-21-23)32(4,5)6)35-36-29(37)27-15-11-10-14-26(27)22-12-8-7-9-13-22;1-16-10-7-8-13-19(16)23-29-30-15-21-20(14-27-25(28-21)26(4,5)6)24(30)31(23)22-17(2)11-9-12-18(22)3;1-16-11-17(2)13-20(12-16)30-22(19-14-26-24(27-15-19)25(4,5)6)28-29-23(30)21-10-8-7-9-18(21)3;;/h7-20H,1-6H3;7-14H,15H2,1-6H3;7-14H,1-6H3;;/q-1;+1;-1;;. The maximum Gasteiger partial charge on any atom is 0.314 e. The number of hydrogen-bond acceptors (Lipinski definition) is 11. The van der Waals surface area contributed by atoms with E-state index in [-0.39, 0.29) is 61.9 Å². The van der Waals surface area contributed by atoms with Crippen LogP contribution in [0.25, 0.3) is 96.5 Å². The van der Waals surface area contributed by atoms with E-state index in [9.17, 15) is 0 Å². The fraction of sp³-hybridized carbons (Fsp3) is 0.277. The SMILES string of the molecule is CC(C)(C)c1ccc(-n2c(-c3[c-]nc(C(C)(C)C)nc3)nnc2-c2ccccc2-c2ccccc2)cc1.Cc1cc(C)cc(-n2c(-c3[c-]nc(C(C)(C)C)nc3)nnc2-c2ccccc2C)c1.Cc1ccccc1-c1nn2c([n+]1-c1c(C)cccc1C)-c1cnc(C(C)(C)C)nc1C2.[Ir].[Ir]. The predicted octanol–water partition coefficient (Wildman–Crippen LogP) is 17.7. The number of fused-ring (bicyclic) bond motifs is 3.